The Kier molecular flexibility index (Phi) is 7.12. The number of nitriles is 1. The molecule has 0 spiro atoms. The second-order valence-electron chi connectivity index (χ2n) is 7.56. The minimum Gasteiger partial charge on any atom is -0.470 e. The highest BCUT2D eigenvalue weighted by atomic mass is 35.5. The Balaban J connectivity index is 1.70. The number of fused-ring (bicyclic) bond motifs is 1. The smallest absolute Gasteiger partial charge is 0.387 e. The fourth-order valence-corrected chi connectivity index (χ4v) is 3.84. The second-order valence-corrected chi connectivity index (χ2v) is 7.94. The molecule has 3 aromatic rings. The van der Waals surface area contributed by atoms with E-state index < -0.39 is 41.0 Å². The zero-order valence-corrected chi connectivity index (χ0v) is 19.0. The third-order valence-corrected chi connectivity index (χ3v) is 5.67. The van der Waals surface area contributed by atoms with Gasteiger partial charge in [-0.3, -0.25) is 9.78 Å². The van der Waals surface area contributed by atoms with Gasteiger partial charge in [-0.05, 0) is 18.2 Å². The van der Waals surface area contributed by atoms with Gasteiger partial charge < -0.3 is 19.7 Å². The number of rotatable bonds is 7. The van der Waals surface area contributed by atoms with Crippen LogP contribution in [0.3, 0.4) is 0 Å². The Labute approximate surface area is 206 Å². The molecule has 1 aliphatic rings. The highest BCUT2D eigenvalue weighted by Gasteiger charge is 2.28. The van der Waals surface area contributed by atoms with Crippen molar-refractivity contribution in [2.45, 2.75) is 19.1 Å². The van der Waals surface area contributed by atoms with E-state index in [1.54, 1.807) is 0 Å². The number of likely N-dealkylation sites (tertiary alicyclic amines) is 1. The first-order valence-corrected chi connectivity index (χ1v) is 10.8. The van der Waals surface area contributed by atoms with Crippen molar-refractivity contribution in [2.24, 2.45) is 0 Å². The van der Waals surface area contributed by atoms with E-state index in [0.717, 1.165) is 24.4 Å². The lowest BCUT2D eigenvalue weighted by Crippen LogP contribution is -2.29. The summed E-state index contributed by atoms with van der Waals surface area (Å²) in [4.78, 5) is 21.5. The molecule has 13 heteroatoms. The van der Waals surface area contributed by atoms with Gasteiger partial charge in [0.25, 0.3) is 5.88 Å². The Morgan fingerprint density at radius 2 is 2.17 bits per heavy atom. The largest absolute Gasteiger partial charge is 0.470 e. The minimum absolute atomic E-state index is 0.0223. The number of nitrogens with zero attached hydrogens (tertiary/aromatic N) is 4. The fraction of sp³-hybridized carbons (Fsp3) is 0.217. The molecule has 1 aromatic carbocycles. The highest BCUT2D eigenvalue weighted by Crippen LogP contribution is 2.37. The van der Waals surface area contributed by atoms with Gasteiger partial charge in [-0.2, -0.15) is 14.0 Å². The van der Waals surface area contributed by atoms with Crippen molar-refractivity contribution in [3.05, 3.63) is 59.3 Å². The maximum absolute atomic E-state index is 14.8. The number of hydrogen-bond acceptors (Lipinski definition) is 7. The van der Waals surface area contributed by atoms with Crippen molar-refractivity contribution in [3.63, 3.8) is 0 Å². The van der Waals surface area contributed by atoms with E-state index >= 15 is 0 Å². The summed E-state index contributed by atoms with van der Waals surface area (Å²) in [7, 11) is 0. The average Bonchev–Trinajstić information content (AvgIpc) is 3.32. The lowest BCUT2D eigenvalue weighted by Gasteiger charge is -2.17. The number of aromatic nitrogens is 2. The van der Waals surface area contributed by atoms with Gasteiger partial charge in [0.1, 0.15) is 28.5 Å². The summed E-state index contributed by atoms with van der Waals surface area (Å²) in [6, 6.07) is 5.02. The van der Waals surface area contributed by atoms with Crippen LogP contribution in [0.1, 0.15) is 12.0 Å². The van der Waals surface area contributed by atoms with E-state index in [4.69, 9.17) is 16.3 Å². The number of pyridine rings is 2. The molecular weight excluding hydrogens is 506 g/mol. The van der Waals surface area contributed by atoms with E-state index in [1.165, 1.54) is 11.0 Å². The van der Waals surface area contributed by atoms with Crippen molar-refractivity contribution in [2.75, 3.05) is 18.4 Å². The zero-order chi connectivity index (χ0) is 26.0. The monoisotopic (exact) mass is 521 g/mol. The molecule has 0 aliphatic carbocycles. The molecule has 0 bridgehead atoms. The third kappa shape index (κ3) is 4.96. The fourth-order valence-electron chi connectivity index (χ4n) is 3.63. The summed E-state index contributed by atoms with van der Waals surface area (Å²) in [6.45, 7) is 0.807. The maximum Gasteiger partial charge on any atom is 0.387 e. The normalized spacial score (nSPS) is 15.1. The summed E-state index contributed by atoms with van der Waals surface area (Å²) in [6.07, 6.45) is 2.19. The quantitative estimate of drug-likeness (QED) is 0.347. The third-order valence-electron chi connectivity index (χ3n) is 5.32. The van der Waals surface area contributed by atoms with Crippen LogP contribution in [0.5, 0.6) is 11.6 Å². The van der Waals surface area contributed by atoms with Gasteiger partial charge in [0.2, 0.25) is 5.91 Å². The predicted octanol–water partition coefficient (Wildman–Crippen LogP) is 4.94. The van der Waals surface area contributed by atoms with Crippen LogP contribution in [0.25, 0.3) is 11.0 Å². The Morgan fingerprint density at radius 1 is 1.39 bits per heavy atom. The Hall–Kier alpha value is -4.11. The second kappa shape index (κ2) is 10.2. The van der Waals surface area contributed by atoms with Crippen LogP contribution in [-0.2, 0) is 4.79 Å². The summed E-state index contributed by atoms with van der Waals surface area (Å²) in [5.74, 6) is -3.22. The van der Waals surface area contributed by atoms with E-state index in [9.17, 15) is 27.6 Å². The first-order valence-electron chi connectivity index (χ1n) is 10.4. The topological polar surface area (TPSA) is 100 Å². The summed E-state index contributed by atoms with van der Waals surface area (Å²) < 4.78 is 64.4. The molecule has 3 heterocycles. The maximum atomic E-state index is 14.8. The van der Waals surface area contributed by atoms with Crippen LogP contribution in [0, 0.1) is 23.0 Å². The number of nitrogens with one attached hydrogen (secondary N) is 1. The molecule has 8 nitrogen and oxygen atoms in total. The number of carbonyl (C=O) groups is 1. The average molecular weight is 522 g/mol. The molecule has 0 radical (unpaired) electrons. The first kappa shape index (κ1) is 25.0. The number of benzene rings is 1. The van der Waals surface area contributed by atoms with E-state index in [0.29, 0.717) is 13.0 Å². The summed E-state index contributed by atoms with van der Waals surface area (Å²) >= 11 is 5.82. The number of halogens is 5. The molecular formula is C23H16ClF4N5O3. The molecule has 1 saturated heterocycles. The van der Waals surface area contributed by atoms with Crippen LogP contribution in [-0.4, -0.2) is 46.6 Å². The summed E-state index contributed by atoms with van der Waals surface area (Å²) in [5.41, 5.74) is -0.390. The molecule has 1 amide bonds. The Morgan fingerprint density at radius 3 is 2.86 bits per heavy atom. The first-order chi connectivity index (χ1) is 17.2. The van der Waals surface area contributed by atoms with Gasteiger partial charge in [0.05, 0.1) is 29.0 Å². The van der Waals surface area contributed by atoms with Crippen molar-refractivity contribution < 1.29 is 31.8 Å². The zero-order valence-electron chi connectivity index (χ0n) is 18.3. The van der Waals surface area contributed by atoms with E-state index in [2.05, 4.69) is 26.6 Å². The van der Waals surface area contributed by atoms with Crippen LogP contribution in [0.2, 0.25) is 5.02 Å². The minimum atomic E-state index is -3.21. The molecule has 1 unspecified atom stereocenters. The van der Waals surface area contributed by atoms with Crippen molar-refractivity contribution in [3.8, 4) is 17.7 Å². The van der Waals surface area contributed by atoms with Gasteiger partial charge in [-0.1, -0.05) is 18.2 Å². The molecule has 4 rings (SSSR count). The van der Waals surface area contributed by atoms with Crippen molar-refractivity contribution >= 4 is 39.9 Å². The van der Waals surface area contributed by atoms with Crippen LogP contribution in [0.4, 0.5) is 28.9 Å². The van der Waals surface area contributed by atoms with Gasteiger partial charge in [-0.15, -0.1) is 0 Å². The number of ether oxygens (including phenoxy) is 2. The van der Waals surface area contributed by atoms with Gasteiger partial charge in [0, 0.05) is 25.2 Å². The molecule has 1 N–H and O–H groups in total. The molecule has 36 heavy (non-hydrogen) atoms. The van der Waals surface area contributed by atoms with E-state index in [-0.39, 0.29) is 40.4 Å². The lowest BCUT2D eigenvalue weighted by molar-refractivity contribution is -0.125. The highest BCUT2D eigenvalue weighted by molar-refractivity contribution is 6.32. The molecule has 0 saturated carbocycles. The summed E-state index contributed by atoms with van der Waals surface area (Å²) in [5, 5.41) is 11.5. The number of anilines is 2. The molecule has 1 atom stereocenters. The standard InChI is InChI=1S/C23H16ClF4N5O3/c1-2-17(34)33-6-5-12(10-33)35-22-13(25)7-15-21(32-22)20(11(8-29)9-30-15)31-14-3-4-16(36-23(27)28)18(24)19(14)26/h2-4,7,9,12,23H,1,5-6,10H2,(H,30,31). The van der Waals surface area contributed by atoms with Crippen LogP contribution in [0.15, 0.2) is 37.1 Å². The van der Waals surface area contributed by atoms with Gasteiger partial charge in [-0.25, -0.2) is 13.8 Å². The van der Waals surface area contributed by atoms with E-state index in [1.807, 2.05) is 6.07 Å². The Bertz CT molecular complexity index is 1400. The van der Waals surface area contributed by atoms with Crippen molar-refractivity contribution in [1.82, 2.24) is 14.9 Å². The van der Waals surface area contributed by atoms with Gasteiger partial charge in [0.15, 0.2) is 11.6 Å². The molecule has 2 aromatic heterocycles. The predicted molar refractivity (Wildman–Crippen MR) is 121 cm³/mol. The number of hydrogen-bond donors (Lipinski definition) is 1. The van der Waals surface area contributed by atoms with Gasteiger partial charge >= 0.3 is 6.61 Å². The number of alkyl halides is 2. The SMILES string of the molecule is C=CC(=O)N1CCC(Oc2nc3c(Nc4ccc(OC(F)F)c(Cl)c4F)c(C#N)cnc3cc2F)C1. The van der Waals surface area contributed by atoms with Crippen LogP contribution >= 0.6 is 11.6 Å². The number of amides is 1. The van der Waals surface area contributed by atoms with Crippen molar-refractivity contribution in [1.29, 1.82) is 5.26 Å². The number of carbonyl (C=O) groups excluding carboxylic acids is 1. The molecule has 186 valence electrons. The molecule has 1 fully saturated rings. The molecule has 1 aliphatic heterocycles. The van der Waals surface area contributed by atoms with Crippen LogP contribution < -0.4 is 14.8 Å². The lowest BCUT2D eigenvalue weighted by atomic mass is 10.1.